The van der Waals surface area contributed by atoms with Crippen LogP contribution >= 0.6 is 0 Å². The van der Waals surface area contributed by atoms with Crippen molar-refractivity contribution in [1.82, 2.24) is 5.32 Å². The topological polar surface area (TPSA) is 49.3 Å². The van der Waals surface area contributed by atoms with Gasteiger partial charge in [0, 0.05) is 6.54 Å². The molecule has 0 aliphatic carbocycles. The van der Waals surface area contributed by atoms with Gasteiger partial charge in [-0.25, -0.2) is 0 Å². The molecule has 0 saturated carbocycles. The number of carboxylic acids is 1. The molecule has 0 radical (unpaired) electrons. The van der Waals surface area contributed by atoms with Crippen molar-refractivity contribution >= 4 is 5.97 Å². The van der Waals surface area contributed by atoms with Crippen molar-refractivity contribution in [3.63, 3.8) is 0 Å². The second-order valence-corrected chi connectivity index (χ2v) is 3.93. The first-order valence-electron chi connectivity index (χ1n) is 5.27. The van der Waals surface area contributed by atoms with Crippen LogP contribution in [0.25, 0.3) is 0 Å². The Bertz CT molecular complexity index is 387. The third-order valence-electron chi connectivity index (χ3n) is 2.94. The van der Waals surface area contributed by atoms with Gasteiger partial charge in [-0.3, -0.25) is 4.79 Å². The van der Waals surface area contributed by atoms with Crippen LogP contribution in [-0.2, 0) is 24.2 Å². The number of hydrogen-bond donors (Lipinski definition) is 2. The van der Waals surface area contributed by atoms with E-state index in [-0.39, 0.29) is 0 Å². The van der Waals surface area contributed by atoms with E-state index < -0.39 is 12.0 Å². The van der Waals surface area contributed by atoms with Gasteiger partial charge in [-0.2, -0.15) is 0 Å². The Balaban J connectivity index is 2.27. The first kappa shape index (κ1) is 10.2. The predicted octanol–water partition coefficient (Wildman–Crippen LogP) is 1.35. The third-order valence-corrected chi connectivity index (χ3v) is 2.94. The molecule has 1 aliphatic heterocycles. The summed E-state index contributed by atoms with van der Waals surface area (Å²) in [4.78, 5) is 10.9. The third kappa shape index (κ3) is 2.02. The molecule has 0 amide bonds. The minimum Gasteiger partial charge on any atom is -0.480 e. The lowest BCUT2D eigenvalue weighted by Crippen LogP contribution is -2.41. The van der Waals surface area contributed by atoms with Gasteiger partial charge >= 0.3 is 5.97 Å². The molecule has 1 aromatic carbocycles. The molecule has 1 aromatic rings. The Hall–Kier alpha value is -1.35. The molecule has 1 atom stereocenters. The first-order valence-corrected chi connectivity index (χ1v) is 5.27. The lowest BCUT2D eigenvalue weighted by atomic mass is 9.93. The lowest BCUT2D eigenvalue weighted by Gasteiger charge is -2.23. The van der Waals surface area contributed by atoms with Gasteiger partial charge in [0.25, 0.3) is 0 Å². The van der Waals surface area contributed by atoms with Crippen molar-refractivity contribution < 1.29 is 9.90 Å². The summed E-state index contributed by atoms with van der Waals surface area (Å²) < 4.78 is 0. The molecule has 2 N–H and O–H groups in total. The minimum absolute atomic E-state index is 0.426. The number of fused-ring (bicyclic) bond motifs is 1. The summed E-state index contributed by atoms with van der Waals surface area (Å²) in [5.74, 6) is -0.762. The van der Waals surface area contributed by atoms with Crippen molar-refractivity contribution in [1.29, 1.82) is 0 Å². The van der Waals surface area contributed by atoms with Crippen molar-refractivity contribution in [2.75, 3.05) is 0 Å². The van der Waals surface area contributed by atoms with Gasteiger partial charge in [0.1, 0.15) is 6.04 Å². The van der Waals surface area contributed by atoms with Crippen LogP contribution in [0.5, 0.6) is 0 Å². The normalized spacial score (nSPS) is 19.7. The van der Waals surface area contributed by atoms with Gasteiger partial charge in [0.15, 0.2) is 0 Å². The highest BCUT2D eigenvalue weighted by Crippen LogP contribution is 2.18. The van der Waals surface area contributed by atoms with Gasteiger partial charge in [-0.05, 0) is 29.5 Å². The number of aliphatic carboxylic acids is 1. The van der Waals surface area contributed by atoms with E-state index in [0.29, 0.717) is 13.0 Å². The van der Waals surface area contributed by atoms with Gasteiger partial charge < -0.3 is 10.4 Å². The second kappa shape index (κ2) is 4.03. The average Bonchev–Trinajstić information content (AvgIpc) is 2.27. The smallest absolute Gasteiger partial charge is 0.321 e. The Labute approximate surface area is 89.1 Å². The van der Waals surface area contributed by atoms with Crippen LogP contribution in [0.3, 0.4) is 0 Å². The summed E-state index contributed by atoms with van der Waals surface area (Å²) in [6.07, 6.45) is 1.59. The fraction of sp³-hybridized carbons (Fsp3) is 0.417. The van der Waals surface area contributed by atoms with Crippen LogP contribution in [0.15, 0.2) is 18.2 Å². The molecule has 0 fully saturated rings. The number of carbonyl (C=O) groups is 1. The standard InChI is InChI=1S/C12H15NO2/c1-2-8-3-4-9-7-13-11(12(14)15)6-10(9)5-8/h3-5,11,13H,2,6-7H2,1H3,(H,14,15)/t11-/m1/s1. The highest BCUT2D eigenvalue weighted by atomic mass is 16.4. The summed E-state index contributed by atoms with van der Waals surface area (Å²) in [5.41, 5.74) is 3.69. The molecule has 3 nitrogen and oxygen atoms in total. The van der Waals surface area contributed by atoms with Gasteiger partial charge in [0.05, 0.1) is 0 Å². The summed E-state index contributed by atoms with van der Waals surface area (Å²) in [5, 5.41) is 11.9. The molecule has 0 unspecified atom stereocenters. The highest BCUT2D eigenvalue weighted by molar-refractivity contribution is 5.74. The van der Waals surface area contributed by atoms with Gasteiger partial charge in [0.2, 0.25) is 0 Å². The molecule has 0 aromatic heterocycles. The molecule has 1 aliphatic rings. The van der Waals surface area contributed by atoms with E-state index in [4.69, 9.17) is 5.11 Å². The largest absolute Gasteiger partial charge is 0.480 e. The van der Waals surface area contributed by atoms with Crippen LogP contribution in [0.2, 0.25) is 0 Å². The minimum atomic E-state index is -0.762. The van der Waals surface area contributed by atoms with Crippen molar-refractivity contribution in [3.8, 4) is 0 Å². The fourth-order valence-corrected chi connectivity index (χ4v) is 1.96. The van der Waals surface area contributed by atoms with E-state index in [1.165, 1.54) is 16.7 Å². The molecule has 15 heavy (non-hydrogen) atoms. The predicted molar refractivity (Wildman–Crippen MR) is 57.8 cm³/mol. The summed E-state index contributed by atoms with van der Waals surface area (Å²) in [7, 11) is 0. The lowest BCUT2D eigenvalue weighted by molar-refractivity contribution is -0.139. The van der Waals surface area contributed by atoms with Crippen LogP contribution < -0.4 is 5.32 Å². The number of hydrogen-bond acceptors (Lipinski definition) is 2. The Morgan fingerprint density at radius 1 is 1.53 bits per heavy atom. The van der Waals surface area contributed by atoms with E-state index in [2.05, 4.69) is 30.4 Å². The summed E-state index contributed by atoms with van der Waals surface area (Å²) in [6.45, 7) is 2.77. The maximum absolute atomic E-state index is 10.9. The zero-order valence-corrected chi connectivity index (χ0v) is 8.79. The second-order valence-electron chi connectivity index (χ2n) is 3.93. The quantitative estimate of drug-likeness (QED) is 0.766. The maximum atomic E-state index is 10.9. The molecule has 0 saturated heterocycles. The molecular formula is C12H15NO2. The Kier molecular flexibility index (Phi) is 2.73. The van der Waals surface area contributed by atoms with E-state index in [1.807, 2.05) is 0 Å². The SMILES string of the molecule is CCc1ccc2c(c1)C[C@H](C(=O)O)NC2. The molecule has 1 heterocycles. The first-order chi connectivity index (χ1) is 7.20. The number of aryl methyl sites for hydroxylation is 1. The maximum Gasteiger partial charge on any atom is 0.321 e. The Morgan fingerprint density at radius 2 is 2.33 bits per heavy atom. The molecule has 3 heteroatoms. The van der Waals surface area contributed by atoms with E-state index in [1.54, 1.807) is 0 Å². The van der Waals surface area contributed by atoms with E-state index in [9.17, 15) is 4.79 Å². The average molecular weight is 205 g/mol. The van der Waals surface area contributed by atoms with Crippen LogP contribution in [0.4, 0.5) is 0 Å². The monoisotopic (exact) mass is 205 g/mol. The summed E-state index contributed by atoms with van der Waals surface area (Å²) in [6, 6.07) is 5.91. The Morgan fingerprint density at radius 3 is 3.00 bits per heavy atom. The molecule has 80 valence electrons. The molecule has 0 spiro atoms. The van der Waals surface area contributed by atoms with Crippen LogP contribution in [-0.4, -0.2) is 17.1 Å². The fourth-order valence-electron chi connectivity index (χ4n) is 1.96. The highest BCUT2D eigenvalue weighted by Gasteiger charge is 2.23. The van der Waals surface area contributed by atoms with E-state index in [0.717, 1.165) is 6.42 Å². The molecule has 2 rings (SSSR count). The van der Waals surface area contributed by atoms with Crippen molar-refractivity contribution in [2.45, 2.75) is 32.4 Å². The summed E-state index contributed by atoms with van der Waals surface area (Å²) >= 11 is 0. The van der Waals surface area contributed by atoms with Crippen LogP contribution in [0.1, 0.15) is 23.6 Å². The van der Waals surface area contributed by atoms with Crippen LogP contribution in [0, 0.1) is 0 Å². The number of benzene rings is 1. The van der Waals surface area contributed by atoms with Gasteiger partial charge in [-0.1, -0.05) is 25.1 Å². The van der Waals surface area contributed by atoms with Crippen molar-refractivity contribution in [2.24, 2.45) is 0 Å². The molecular weight excluding hydrogens is 190 g/mol. The van der Waals surface area contributed by atoms with Crippen molar-refractivity contribution in [3.05, 3.63) is 34.9 Å². The zero-order valence-electron chi connectivity index (χ0n) is 8.79. The number of carboxylic acid groups (broad SMARTS) is 1. The zero-order chi connectivity index (χ0) is 10.8. The van der Waals surface area contributed by atoms with E-state index >= 15 is 0 Å². The molecule has 0 bridgehead atoms. The number of nitrogens with one attached hydrogen (secondary N) is 1. The number of rotatable bonds is 2. The van der Waals surface area contributed by atoms with Gasteiger partial charge in [-0.15, -0.1) is 0 Å².